The van der Waals surface area contributed by atoms with Crippen LogP contribution in [0.1, 0.15) is 54.6 Å². The molecule has 3 aromatic rings. The molecule has 7 nitrogen and oxygen atoms in total. The van der Waals surface area contributed by atoms with Crippen LogP contribution in [0.2, 0.25) is 0 Å². The van der Waals surface area contributed by atoms with Crippen LogP contribution in [0, 0.1) is 6.92 Å². The van der Waals surface area contributed by atoms with E-state index in [1.54, 1.807) is 44.6 Å². The van der Waals surface area contributed by atoms with Crippen LogP contribution in [-0.4, -0.2) is 43.0 Å². The molecule has 0 saturated carbocycles. The number of carbonyl (C=O) groups excluding carboxylic acids is 2. The molecule has 0 aromatic heterocycles. The number of benzene rings is 3. The number of aryl methyl sites for hydroxylation is 1. The molecule has 0 spiro atoms. The van der Waals surface area contributed by atoms with E-state index >= 15 is 0 Å². The standard InChI is InChI=1S/C32H35NO6/c1-19-11-13-22(32(2,3)4)17-24(19)29(34)27-28(21-9-8-10-23(16-21)37-5)33(31(36)30(27)35)18-20-12-14-25(38-6)26(15-20)39-7/h8-17,28,34H,18H2,1-7H3/b29-27+. The molecule has 1 heterocycles. The molecule has 204 valence electrons. The lowest BCUT2D eigenvalue weighted by molar-refractivity contribution is -0.140. The first-order valence-corrected chi connectivity index (χ1v) is 12.7. The zero-order chi connectivity index (χ0) is 28.5. The van der Waals surface area contributed by atoms with E-state index in [-0.39, 0.29) is 23.3 Å². The minimum atomic E-state index is -0.828. The van der Waals surface area contributed by atoms with Crippen LogP contribution in [0.15, 0.2) is 66.2 Å². The third-order valence-corrected chi connectivity index (χ3v) is 7.11. The molecule has 1 N–H and O–H groups in total. The van der Waals surface area contributed by atoms with Gasteiger partial charge in [-0.3, -0.25) is 9.59 Å². The van der Waals surface area contributed by atoms with Gasteiger partial charge in [-0.05, 0) is 64.9 Å². The predicted octanol–water partition coefficient (Wildman–Crippen LogP) is 5.94. The van der Waals surface area contributed by atoms with E-state index in [0.717, 1.165) is 16.7 Å². The van der Waals surface area contributed by atoms with Crippen molar-refractivity contribution < 1.29 is 28.9 Å². The monoisotopic (exact) mass is 529 g/mol. The Balaban J connectivity index is 1.90. The second-order valence-electron chi connectivity index (χ2n) is 10.7. The van der Waals surface area contributed by atoms with Crippen LogP contribution >= 0.6 is 0 Å². The Morgan fingerprint density at radius 1 is 0.897 bits per heavy atom. The SMILES string of the molecule is COc1cccc(C2/C(=C(\O)c3cc(C(C)(C)C)ccc3C)C(=O)C(=O)N2Cc2ccc(OC)c(OC)c2)c1. The lowest BCUT2D eigenvalue weighted by atomic mass is 9.84. The average molecular weight is 530 g/mol. The Bertz CT molecular complexity index is 1450. The van der Waals surface area contributed by atoms with Gasteiger partial charge in [-0.25, -0.2) is 0 Å². The summed E-state index contributed by atoms with van der Waals surface area (Å²) in [6.07, 6.45) is 0. The maximum Gasteiger partial charge on any atom is 0.295 e. The molecule has 1 aliphatic rings. The normalized spacial score (nSPS) is 16.9. The first kappa shape index (κ1) is 27.8. The number of amides is 1. The van der Waals surface area contributed by atoms with Crippen LogP contribution in [-0.2, 0) is 21.5 Å². The second kappa shape index (κ2) is 10.8. The highest BCUT2D eigenvalue weighted by Gasteiger charge is 2.46. The molecule has 1 amide bonds. The van der Waals surface area contributed by atoms with Gasteiger partial charge in [0.05, 0.1) is 32.9 Å². The maximum absolute atomic E-state index is 13.6. The van der Waals surface area contributed by atoms with E-state index in [9.17, 15) is 14.7 Å². The topological polar surface area (TPSA) is 85.3 Å². The number of ketones is 1. The van der Waals surface area contributed by atoms with Crippen molar-refractivity contribution in [1.82, 2.24) is 4.90 Å². The summed E-state index contributed by atoms with van der Waals surface area (Å²) in [4.78, 5) is 28.6. The summed E-state index contributed by atoms with van der Waals surface area (Å²) < 4.78 is 16.2. The van der Waals surface area contributed by atoms with Crippen molar-refractivity contribution in [2.45, 2.75) is 45.7 Å². The van der Waals surface area contributed by atoms with Crippen molar-refractivity contribution >= 4 is 17.4 Å². The van der Waals surface area contributed by atoms with Gasteiger partial charge in [-0.2, -0.15) is 0 Å². The van der Waals surface area contributed by atoms with E-state index in [2.05, 4.69) is 20.8 Å². The van der Waals surface area contributed by atoms with Gasteiger partial charge in [-0.1, -0.05) is 51.1 Å². The molecular weight excluding hydrogens is 494 g/mol. The van der Waals surface area contributed by atoms with Crippen LogP contribution < -0.4 is 14.2 Å². The maximum atomic E-state index is 13.6. The zero-order valence-electron chi connectivity index (χ0n) is 23.5. The van der Waals surface area contributed by atoms with Gasteiger partial charge in [0.2, 0.25) is 0 Å². The molecule has 3 aromatic carbocycles. The van der Waals surface area contributed by atoms with Crippen molar-refractivity contribution in [3.05, 3.63) is 94.1 Å². The molecule has 7 heteroatoms. The van der Waals surface area contributed by atoms with E-state index in [0.29, 0.717) is 28.4 Å². The minimum absolute atomic E-state index is 0.0443. The lowest BCUT2D eigenvalue weighted by Gasteiger charge is -2.26. The third-order valence-electron chi connectivity index (χ3n) is 7.11. The Labute approximate surface area is 229 Å². The van der Waals surface area contributed by atoms with Crippen LogP contribution in [0.25, 0.3) is 5.76 Å². The van der Waals surface area contributed by atoms with Gasteiger partial charge in [0.15, 0.2) is 11.5 Å². The average Bonchev–Trinajstić information content (AvgIpc) is 3.17. The highest BCUT2D eigenvalue weighted by molar-refractivity contribution is 6.46. The highest BCUT2D eigenvalue weighted by atomic mass is 16.5. The Kier molecular flexibility index (Phi) is 7.72. The Morgan fingerprint density at radius 2 is 1.62 bits per heavy atom. The van der Waals surface area contributed by atoms with E-state index < -0.39 is 17.7 Å². The first-order valence-electron chi connectivity index (χ1n) is 12.7. The van der Waals surface area contributed by atoms with Crippen molar-refractivity contribution in [2.24, 2.45) is 0 Å². The summed E-state index contributed by atoms with van der Waals surface area (Å²) in [5, 5.41) is 11.7. The molecule has 0 bridgehead atoms. The molecule has 1 unspecified atom stereocenters. The molecular formula is C32H35NO6. The highest BCUT2D eigenvalue weighted by Crippen LogP contribution is 2.42. The Hall–Kier alpha value is -4.26. The van der Waals surface area contributed by atoms with E-state index in [4.69, 9.17) is 14.2 Å². The summed E-state index contributed by atoms with van der Waals surface area (Å²) in [5.74, 6) is 0.0285. The Morgan fingerprint density at radius 3 is 2.26 bits per heavy atom. The number of nitrogens with zero attached hydrogens (tertiary/aromatic N) is 1. The fraction of sp³-hybridized carbons (Fsp3) is 0.312. The molecule has 1 saturated heterocycles. The van der Waals surface area contributed by atoms with Crippen molar-refractivity contribution in [2.75, 3.05) is 21.3 Å². The van der Waals surface area contributed by atoms with Crippen LogP contribution in [0.5, 0.6) is 17.2 Å². The number of aliphatic hydroxyl groups excluding tert-OH is 1. The number of aliphatic hydroxyl groups is 1. The number of hydrogen-bond acceptors (Lipinski definition) is 6. The van der Waals surface area contributed by atoms with Gasteiger partial charge in [0.1, 0.15) is 11.5 Å². The third kappa shape index (κ3) is 5.35. The van der Waals surface area contributed by atoms with Crippen LogP contribution in [0.4, 0.5) is 0 Å². The molecule has 0 radical (unpaired) electrons. The lowest BCUT2D eigenvalue weighted by Crippen LogP contribution is -2.29. The molecule has 4 rings (SSSR count). The van der Waals surface area contributed by atoms with E-state index in [1.165, 1.54) is 12.0 Å². The number of hydrogen-bond donors (Lipinski definition) is 1. The largest absolute Gasteiger partial charge is 0.507 e. The van der Waals surface area contributed by atoms with Gasteiger partial charge >= 0.3 is 0 Å². The number of Topliss-reactive ketones (excluding diaryl/α,β-unsaturated/α-hetero) is 1. The predicted molar refractivity (Wildman–Crippen MR) is 150 cm³/mol. The number of likely N-dealkylation sites (tertiary alicyclic amines) is 1. The summed E-state index contributed by atoms with van der Waals surface area (Å²) in [6.45, 7) is 8.24. The summed E-state index contributed by atoms with van der Waals surface area (Å²) in [5.41, 5.74) is 3.60. The second-order valence-corrected chi connectivity index (χ2v) is 10.7. The van der Waals surface area contributed by atoms with Crippen molar-refractivity contribution in [3.8, 4) is 17.2 Å². The first-order chi connectivity index (χ1) is 18.5. The molecule has 1 atom stereocenters. The number of rotatable bonds is 7. The summed E-state index contributed by atoms with van der Waals surface area (Å²) in [6, 6.07) is 17.6. The van der Waals surface area contributed by atoms with Gasteiger partial charge in [-0.15, -0.1) is 0 Å². The summed E-state index contributed by atoms with van der Waals surface area (Å²) in [7, 11) is 4.65. The molecule has 39 heavy (non-hydrogen) atoms. The van der Waals surface area contributed by atoms with Gasteiger partial charge < -0.3 is 24.2 Å². The zero-order valence-corrected chi connectivity index (χ0v) is 23.5. The van der Waals surface area contributed by atoms with Gasteiger partial charge in [0, 0.05) is 12.1 Å². The molecule has 0 aliphatic carbocycles. The quantitative estimate of drug-likeness (QED) is 0.232. The smallest absolute Gasteiger partial charge is 0.295 e. The summed E-state index contributed by atoms with van der Waals surface area (Å²) >= 11 is 0. The number of ether oxygens (including phenoxy) is 3. The number of methoxy groups -OCH3 is 3. The van der Waals surface area contributed by atoms with Crippen molar-refractivity contribution in [1.29, 1.82) is 0 Å². The van der Waals surface area contributed by atoms with Crippen molar-refractivity contribution in [3.63, 3.8) is 0 Å². The molecule has 1 aliphatic heterocycles. The van der Waals surface area contributed by atoms with E-state index in [1.807, 2.05) is 37.3 Å². The fourth-order valence-corrected chi connectivity index (χ4v) is 4.87. The van der Waals surface area contributed by atoms with Crippen LogP contribution in [0.3, 0.4) is 0 Å². The fourth-order valence-electron chi connectivity index (χ4n) is 4.87. The number of carbonyl (C=O) groups is 2. The van der Waals surface area contributed by atoms with Gasteiger partial charge in [0.25, 0.3) is 11.7 Å². The molecule has 1 fully saturated rings. The minimum Gasteiger partial charge on any atom is -0.507 e.